The van der Waals surface area contributed by atoms with Crippen molar-refractivity contribution in [2.24, 2.45) is 0 Å². The fourth-order valence-electron chi connectivity index (χ4n) is 3.51. The predicted octanol–water partition coefficient (Wildman–Crippen LogP) is 0.283. The lowest BCUT2D eigenvalue weighted by Gasteiger charge is -2.37. The van der Waals surface area contributed by atoms with E-state index < -0.39 is 16.0 Å². The van der Waals surface area contributed by atoms with Crippen LogP contribution in [-0.2, 0) is 20.5 Å². The van der Waals surface area contributed by atoms with Gasteiger partial charge in [-0.1, -0.05) is 12.1 Å². The quantitative estimate of drug-likeness (QED) is 0.754. The van der Waals surface area contributed by atoms with Gasteiger partial charge < -0.3 is 10.1 Å². The molecule has 0 radical (unpaired) electrons. The molecule has 0 spiro atoms. The first-order chi connectivity index (χ1) is 12.0. The second kappa shape index (κ2) is 7.82. The number of hydrogen-bond acceptors (Lipinski definition) is 6. The first-order valence-corrected chi connectivity index (χ1v) is 10.2. The SMILES string of the molecule is COC(=O)c1cccc(CS(=O)(=O)N2CCN(C3CCNC3)CC2)c1. The van der Waals surface area contributed by atoms with Crippen molar-refractivity contribution >= 4 is 16.0 Å². The van der Waals surface area contributed by atoms with Crippen LogP contribution >= 0.6 is 0 Å². The summed E-state index contributed by atoms with van der Waals surface area (Å²) in [5, 5.41) is 3.35. The molecular formula is C17H25N3O4S. The Hall–Kier alpha value is -1.48. The lowest BCUT2D eigenvalue weighted by molar-refractivity contribution is 0.0600. The molecule has 2 aliphatic heterocycles. The van der Waals surface area contributed by atoms with Crippen LogP contribution in [0.2, 0.25) is 0 Å². The third-order valence-electron chi connectivity index (χ3n) is 4.91. The van der Waals surface area contributed by atoms with Gasteiger partial charge in [0.1, 0.15) is 0 Å². The van der Waals surface area contributed by atoms with Crippen LogP contribution < -0.4 is 5.32 Å². The molecule has 0 amide bonds. The fourth-order valence-corrected chi connectivity index (χ4v) is 5.01. The van der Waals surface area contributed by atoms with Crippen molar-refractivity contribution in [2.45, 2.75) is 18.2 Å². The lowest BCUT2D eigenvalue weighted by atomic mass is 10.1. The van der Waals surface area contributed by atoms with Crippen LogP contribution in [0.5, 0.6) is 0 Å². The molecule has 1 unspecified atom stereocenters. The molecule has 138 valence electrons. The Morgan fingerprint density at radius 3 is 2.68 bits per heavy atom. The van der Waals surface area contributed by atoms with Gasteiger partial charge in [-0.25, -0.2) is 13.2 Å². The van der Waals surface area contributed by atoms with E-state index in [9.17, 15) is 13.2 Å². The van der Waals surface area contributed by atoms with Crippen molar-refractivity contribution in [3.8, 4) is 0 Å². The molecule has 7 nitrogen and oxygen atoms in total. The van der Waals surface area contributed by atoms with E-state index in [-0.39, 0.29) is 5.75 Å². The monoisotopic (exact) mass is 367 g/mol. The predicted molar refractivity (Wildman–Crippen MR) is 94.8 cm³/mol. The largest absolute Gasteiger partial charge is 0.465 e. The number of nitrogens with one attached hydrogen (secondary N) is 1. The standard InChI is InChI=1S/C17H25N3O4S/c1-24-17(21)15-4-2-3-14(11-15)13-25(22,23)20-9-7-19(8-10-20)16-5-6-18-12-16/h2-4,11,16,18H,5-10,12-13H2,1H3. The Morgan fingerprint density at radius 1 is 1.28 bits per heavy atom. The summed E-state index contributed by atoms with van der Waals surface area (Å²) in [6.07, 6.45) is 1.13. The van der Waals surface area contributed by atoms with Crippen LogP contribution in [-0.4, -0.2) is 76.0 Å². The normalized spacial score (nSPS) is 22.8. The molecule has 1 atom stereocenters. The number of esters is 1. The molecule has 0 aliphatic carbocycles. The summed E-state index contributed by atoms with van der Waals surface area (Å²) in [6, 6.07) is 7.15. The molecule has 2 saturated heterocycles. The van der Waals surface area contributed by atoms with Crippen molar-refractivity contribution in [2.75, 3.05) is 46.4 Å². The molecule has 2 fully saturated rings. The maximum absolute atomic E-state index is 12.7. The molecule has 2 heterocycles. The van der Waals surface area contributed by atoms with E-state index in [4.69, 9.17) is 0 Å². The summed E-state index contributed by atoms with van der Waals surface area (Å²) in [5.74, 6) is -0.555. The smallest absolute Gasteiger partial charge is 0.337 e. The first kappa shape index (κ1) is 18.3. The summed E-state index contributed by atoms with van der Waals surface area (Å²) in [5.41, 5.74) is 0.971. The van der Waals surface area contributed by atoms with Crippen LogP contribution in [0, 0.1) is 0 Å². The van der Waals surface area contributed by atoms with E-state index in [2.05, 4.69) is 15.0 Å². The minimum absolute atomic E-state index is 0.0944. The Bertz CT molecular complexity index is 708. The number of hydrogen-bond donors (Lipinski definition) is 1. The summed E-state index contributed by atoms with van der Waals surface area (Å²) in [6.45, 7) is 4.62. The second-order valence-electron chi connectivity index (χ2n) is 6.53. The van der Waals surface area contributed by atoms with Crippen LogP contribution in [0.25, 0.3) is 0 Å². The number of piperazine rings is 1. The zero-order valence-corrected chi connectivity index (χ0v) is 15.3. The van der Waals surface area contributed by atoms with Crippen LogP contribution in [0.15, 0.2) is 24.3 Å². The highest BCUT2D eigenvalue weighted by Crippen LogP contribution is 2.17. The zero-order chi connectivity index (χ0) is 17.9. The molecule has 8 heteroatoms. The third-order valence-corrected chi connectivity index (χ3v) is 6.76. The van der Waals surface area contributed by atoms with Crippen molar-refractivity contribution in [3.05, 3.63) is 35.4 Å². The Kier molecular flexibility index (Phi) is 5.73. The number of methoxy groups -OCH3 is 1. The molecule has 0 aromatic heterocycles. The molecule has 25 heavy (non-hydrogen) atoms. The summed E-state index contributed by atoms with van der Waals surface area (Å²) >= 11 is 0. The van der Waals surface area contributed by atoms with Gasteiger partial charge in [-0.05, 0) is 30.7 Å². The minimum atomic E-state index is -3.39. The van der Waals surface area contributed by atoms with E-state index in [0.717, 1.165) is 32.6 Å². The number of rotatable bonds is 5. The van der Waals surface area contributed by atoms with Crippen molar-refractivity contribution in [1.29, 1.82) is 0 Å². The van der Waals surface area contributed by atoms with E-state index in [0.29, 0.717) is 30.3 Å². The van der Waals surface area contributed by atoms with Gasteiger partial charge >= 0.3 is 5.97 Å². The number of sulfonamides is 1. The van der Waals surface area contributed by atoms with Crippen molar-refractivity contribution < 1.29 is 17.9 Å². The summed E-state index contributed by atoms with van der Waals surface area (Å²) in [7, 11) is -2.08. The number of carbonyl (C=O) groups excluding carboxylic acids is 1. The maximum atomic E-state index is 12.7. The van der Waals surface area contributed by atoms with Gasteiger partial charge in [0.05, 0.1) is 18.4 Å². The third kappa shape index (κ3) is 4.38. The highest BCUT2D eigenvalue weighted by atomic mass is 32.2. The van der Waals surface area contributed by atoms with Gasteiger partial charge in [-0.2, -0.15) is 4.31 Å². The number of benzene rings is 1. The van der Waals surface area contributed by atoms with Crippen molar-refractivity contribution in [1.82, 2.24) is 14.5 Å². The molecular weight excluding hydrogens is 342 g/mol. The summed E-state index contributed by atoms with van der Waals surface area (Å²) in [4.78, 5) is 14.0. The van der Waals surface area contributed by atoms with Gasteiger partial charge in [0.15, 0.2) is 0 Å². The highest BCUT2D eigenvalue weighted by molar-refractivity contribution is 7.88. The van der Waals surface area contributed by atoms with Crippen LogP contribution in [0.4, 0.5) is 0 Å². The second-order valence-corrected chi connectivity index (χ2v) is 8.50. The van der Waals surface area contributed by atoms with Gasteiger partial charge in [0.2, 0.25) is 10.0 Å². The van der Waals surface area contributed by atoms with E-state index in [1.165, 1.54) is 7.11 Å². The van der Waals surface area contributed by atoms with E-state index >= 15 is 0 Å². The van der Waals surface area contributed by atoms with Gasteiger partial charge in [0.25, 0.3) is 0 Å². The Labute approximate surface area is 149 Å². The molecule has 1 aromatic rings. The Balaban J connectivity index is 1.61. The average Bonchev–Trinajstić information content (AvgIpc) is 3.15. The molecule has 3 rings (SSSR count). The van der Waals surface area contributed by atoms with Gasteiger partial charge in [-0.15, -0.1) is 0 Å². The van der Waals surface area contributed by atoms with E-state index in [1.54, 1.807) is 28.6 Å². The number of nitrogens with zero attached hydrogens (tertiary/aromatic N) is 2. The average molecular weight is 367 g/mol. The molecule has 1 aromatic carbocycles. The topological polar surface area (TPSA) is 79.0 Å². The minimum Gasteiger partial charge on any atom is -0.465 e. The fraction of sp³-hybridized carbons (Fsp3) is 0.588. The van der Waals surface area contributed by atoms with Crippen LogP contribution in [0.3, 0.4) is 0 Å². The molecule has 0 bridgehead atoms. The molecule has 0 saturated carbocycles. The van der Waals surface area contributed by atoms with E-state index in [1.807, 2.05) is 0 Å². The highest BCUT2D eigenvalue weighted by Gasteiger charge is 2.31. The first-order valence-electron chi connectivity index (χ1n) is 8.59. The summed E-state index contributed by atoms with van der Waals surface area (Å²) < 4.78 is 31.7. The zero-order valence-electron chi connectivity index (χ0n) is 14.5. The number of carbonyl (C=O) groups is 1. The number of ether oxygens (including phenoxy) is 1. The van der Waals surface area contributed by atoms with Crippen molar-refractivity contribution in [3.63, 3.8) is 0 Å². The van der Waals surface area contributed by atoms with Crippen LogP contribution in [0.1, 0.15) is 22.3 Å². The molecule has 1 N–H and O–H groups in total. The lowest BCUT2D eigenvalue weighted by Crippen LogP contribution is -2.52. The maximum Gasteiger partial charge on any atom is 0.337 e. The van der Waals surface area contributed by atoms with Gasteiger partial charge in [-0.3, -0.25) is 4.90 Å². The molecule has 2 aliphatic rings. The van der Waals surface area contributed by atoms with Gasteiger partial charge in [0, 0.05) is 38.8 Å². The Morgan fingerprint density at radius 2 is 2.04 bits per heavy atom.